The molecule has 0 saturated carbocycles. The first-order valence-electron chi connectivity index (χ1n) is 8.15. The largest absolute Gasteiger partial charge is 0.379 e. The van der Waals surface area contributed by atoms with E-state index in [2.05, 4.69) is 42.1 Å². The van der Waals surface area contributed by atoms with Gasteiger partial charge >= 0.3 is 0 Å². The van der Waals surface area contributed by atoms with Gasteiger partial charge in [-0.05, 0) is 55.7 Å². The Kier molecular flexibility index (Phi) is 7.09. The molecule has 4 nitrogen and oxygen atoms in total. The third-order valence-electron chi connectivity index (χ3n) is 3.78. The number of nitrogens with one attached hydrogen (secondary N) is 1. The van der Waals surface area contributed by atoms with Crippen molar-refractivity contribution in [1.82, 2.24) is 10.4 Å². The Bertz CT molecular complexity index is 634. The van der Waals surface area contributed by atoms with Crippen molar-refractivity contribution in [3.05, 3.63) is 47.7 Å². The fraction of sp³-hybridized carbons (Fsp3) is 0.421. The number of hydrazine groups is 1. The number of ether oxygens (including phenoxy) is 1. The molecule has 1 aliphatic heterocycles. The molecular formula is C19H26N2O2S. The molecule has 0 bridgehead atoms. The summed E-state index contributed by atoms with van der Waals surface area (Å²) in [5.74, 6) is 0.897. The van der Waals surface area contributed by atoms with E-state index in [0.29, 0.717) is 0 Å². The Morgan fingerprint density at radius 1 is 1.38 bits per heavy atom. The van der Waals surface area contributed by atoms with Crippen LogP contribution in [0.25, 0.3) is 5.57 Å². The number of morpholine rings is 1. The topological polar surface area (TPSA) is 41.6 Å². The van der Waals surface area contributed by atoms with Crippen LogP contribution in [0.4, 0.5) is 0 Å². The summed E-state index contributed by atoms with van der Waals surface area (Å²) in [6.45, 7) is 13.0. The maximum absolute atomic E-state index is 11.2. The average Bonchev–Trinajstić information content (AvgIpc) is 2.53. The lowest BCUT2D eigenvalue weighted by atomic mass is 10.0. The predicted octanol–water partition coefficient (Wildman–Crippen LogP) is 3.43. The molecular weight excluding hydrogens is 320 g/mol. The van der Waals surface area contributed by atoms with Gasteiger partial charge < -0.3 is 10.2 Å². The van der Waals surface area contributed by atoms with Gasteiger partial charge in [0.05, 0.1) is 13.2 Å². The second-order valence-corrected chi connectivity index (χ2v) is 7.07. The van der Waals surface area contributed by atoms with Crippen LogP contribution in [0.3, 0.4) is 0 Å². The number of benzene rings is 1. The normalized spacial score (nSPS) is 16.0. The molecule has 2 rings (SSSR count). The molecule has 0 radical (unpaired) electrons. The van der Waals surface area contributed by atoms with Crippen LogP contribution >= 0.6 is 11.8 Å². The molecule has 0 atom stereocenters. The molecule has 0 aromatic heterocycles. The molecule has 5 heteroatoms. The van der Waals surface area contributed by atoms with Crippen LogP contribution in [0, 0.1) is 6.92 Å². The molecule has 1 heterocycles. The van der Waals surface area contributed by atoms with E-state index in [4.69, 9.17) is 4.74 Å². The smallest absolute Gasteiger partial charge is 0.152 e. The van der Waals surface area contributed by atoms with E-state index in [0.717, 1.165) is 48.9 Å². The maximum atomic E-state index is 11.2. The average molecular weight is 346 g/mol. The monoisotopic (exact) mass is 346 g/mol. The first-order chi connectivity index (χ1) is 11.5. The first-order valence-corrected chi connectivity index (χ1v) is 9.14. The molecule has 0 spiro atoms. The molecule has 0 unspecified atom stereocenters. The van der Waals surface area contributed by atoms with E-state index in [1.807, 2.05) is 6.92 Å². The standard InChI is InChI=1S/C19H26N2O2S/c1-14(11-17(4)22)19-6-5-18(12-15(19)2)24-13-16(3)20-21-7-9-23-10-8-21/h5-6,11-12,20H,3,7-10,13H2,1-2,4H3/b14-11-. The number of rotatable bonds is 7. The van der Waals surface area contributed by atoms with Crippen LogP contribution in [0.5, 0.6) is 0 Å². The summed E-state index contributed by atoms with van der Waals surface area (Å²) in [4.78, 5) is 12.4. The number of ketones is 1. The molecule has 1 N–H and O–H groups in total. The molecule has 1 saturated heterocycles. The quantitative estimate of drug-likeness (QED) is 0.605. The van der Waals surface area contributed by atoms with E-state index >= 15 is 0 Å². The van der Waals surface area contributed by atoms with Gasteiger partial charge in [0.1, 0.15) is 0 Å². The van der Waals surface area contributed by atoms with Gasteiger partial charge in [-0.3, -0.25) is 4.79 Å². The Balaban J connectivity index is 1.90. The highest BCUT2D eigenvalue weighted by atomic mass is 32.2. The van der Waals surface area contributed by atoms with Crippen molar-refractivity contribution in [2.24, 2.45) is 0 Å². The van der Waals surface area contributed by atoms with Crippen LogP contribution in [0.2, 0.25) is 0 Å². The third kappa shape index (κ3) is 5.82. The van der Waals surface area contributed by atoms with Crippen molar-refractivity contribution in [2.75, 3.05) is 32.1 Å². The number of nitrogens with zero attached hydrogens (tertiary/aromatic N) is 1. The summed E-state index contributed by atoms with van der Waals surface area (Å²) >= 11 is 1.76. The number of carbonyl (C=O) groups excluding carboxylic acids is 1. The van der Waals surface area contributed by atoms with Gasteiger partial charge in [-0.25, -0.2) is 5.01 Å². The van der Waals surface area contributed by atoms with Gasteiger partial charge in [0.25, 0.3) is 0 Å². The van der Waals surface area contributed by atoms with E-state index < -0.39 is 0 Å². The van der Waals surface area contributed by atoms with Crippen LogP contribution in [-0.2, 0) is 9.53 Å². The molecule has 130 valence electrons. The summed E-state index contributed by atoms with van der Waals surface area (Å²) in [6.07, 6.45) is 1.68. The predicted molar refractivity (Wildman–Crippen MR) is 101 cm³/mol. The number of hydrogen-bond donors (Lipinski definition) is 1. The Labute approximate surface area is 148 Å². The van der Waals surface area contributed by atoms with Crippen molar-refractivity contribution in [2.45, 2.75) is 25.7 Å². The Morgan fingerprint density at radius 3 is 2.71 bits per heavy atom. The van der Waals surface area contributed by atoms with Gasteiger partial charge in [0.2, 0.25) is 0 Å². The summed E-state index contributed by atoms with van der Waals surface area (Å²) < 4.78 is 5.34. The zero-order valence-corrected chi connectivity index (χ0v) is 15.5. The summed E-state index contributed by atoms with van der Waals surface area (Å²) in [5.41, 5.74) is 7.66. The van der Waals surface area contributed by atoms with Crippen molar-refractivity contribution >= 4 is 23.1 Å². The number of allylic oxidation sites excluding steroid dienone is 2. The number of thioether (sulfide) groups is 1. The second-order valence-electron chi connectivity index (χ2n) is 6.02. The van der Waals surface area contributed by atoms with Gasteiger partial charge in [-0.15, -0.1) is 11.8 Å². The van der Waals surface area contributed by atoms with E-state index in [-0.39, 0.29) is 5.78 Å². The van der Waals surface area contributed by atoms with Gasteiger partial charge in [-0.1, -0.05) is 12.6 Å². The van der Waals surface area contributed by atoms with Crippen molar-refractivity contribution in [3.8, 4) is 0 Å². The lowest BCUT2D eigenvalue weighted by Gasteiger charge is -2.28. The number of hydrogen-bond acceptors (Lipinski definition) is 5. The molecule has 1 aromatic carbocycles. The number of aryl methyl sites for hydroxylation is 1. The van der Waals surface area contributed by atoms with Crippen LogP contribution in [0.15, 0.2) is 41.4 Å². The number of carbonyl (C=O) groups is 1. The first kappa shape index (κ1) is 18.8. The van der Waals surface area contributed by atoms with E-state index in [1.165, 1.54) is 10.5 Å². The lowest BCUT2D eigenvalue weighted by Crippen LogP contribution is -2.45. The SMILES string of the molecule is C=C(CSc1ccc(/C(C)=C\C(C)=O)c(C)c1)NN1CCOCC1. The molecule has 0 amide bonds. The van der Waals surface area contributed by atoms with Gasteiger partial charge in [0.15, 0.2) is 5.78 Å². The highest BCUT2D eigenvalue weighted by Gasteiger charge is 2.10. The summed E-state index contributed by atoms with van der Waals surface area (Å²) in [7, 11) is 0. The highest BCUT2D eigenvalue weighted by molar-refractivity contribution is 7.99. The Morgan fingerprint density at radius 2 is 2.08 bits per heavy atom. The summed E-state index contributed by atoms with van der Waals surface area (Å²) in [6, 6.07) is 6.36. The van der Waals surface area contributed by atoms with Crippen LogP contribution < -0.4 is 5.43 Å². The van der Waals surface area contributed by atoms with Crippen LogP contribution in [-0.4, -0.2) is 42.8 Å². The van der Waals surface area contributed by atoms with Gasteiger partial charge in [0, 0.05) is 29.4 Å². The fourth-order valence-electron chi connectivity index (χ4n) is 2.65. The summed E-state index contributed by atoms with van der Waals surface area (Å²) in [5, 5.41) is 2.15. The zero-order chi connectivity index (χ0) is 17.5. The fourth-order valence-corrected chi connectivity index (χ4v) is 3.48. The minimum absolute atomic E-state index is 0.0795. The Hall–Kier alpha value is -1.56. The van der Waals surface area contributed by atoms with Crippen molar-refractivity contribution in [3.63, 3.8) is 0 Å². The van der Waals surface area contributed by atoms with E-state index in [1.54, 1.807) is 24.8 Å². The minimum atomic E-state index is 0.0795. The lowest BCUT2D eigenvalue weighted by molar-refractivity contribution is -0.112. The molecule has 1 aromatic rings. The molecule has 24 heavy (non-hydrogen) atoms. The molecule has 1 fully saturated rings. The second kappa shape index (κ2) is 9.06. The molecule has 1 aliphatic rings. The van der Waals surface area contributed by atoms with Gasteiger partial charge in [-0.2, -0.15) is 0 Å². The third-order valence-corrected chi connectivity index (χ3v) is 4.86. The highest BCUT2D eigenvalue weighted by Crippen LogP contribution is 2.26. The van der Waals surface area contributed by atoms with E-state index in [9.17, 15) is 4.79 Å². The van der Waals surface area contributed by atoms with Crippen LogP contribution in [0.1, 0.15) is 25.0 Å². The zero-order valence-electron chi connectivity index (χ0n) is 14.7. The van der Waals surface area contributed by atoms with Crippen molar-refractivity contribution in [1.29, 1.82) is 0 Å². The molecule has 0 aliphatic carbocycles. The maximum Gasteiger partial charge on any atom is 0.152 e. The van der Waals surface area contributed by atoms with Crippen molar-refractivity contribution < 1.29 is 9.53 Å². The minimum Gasteiger partial charge on any atom is -0.379 e.